The number of imidazole rings is 1. The minimum atomic E-state index is -0.831. The summed E-state index contributed by atoms with van der Waals surface area (Å²) in [5.74, 6) is -0.799. The average molecular weight is 282 g/mol. The number of H-pyrrole nitrogens is 1. The maximum atomic E-state index is 10.6. The van der Waals surface area contributed by atoms with Gasteiger partial charge in [-0.15, -0.1) is 24.0 Å². The molecule has 0 fully saturated rings. The van der Waals surface area contributed by atoms with Gasteiger partial charge in [-0.25, -0.2) is 4.98 Å². The van der Waals surface area contributed by atoms with Crippen LogP contribution in [-0.2, 0) is 4.79 Å². The van der Waals surface area contributed by atoms with Crippen LogP contribution in [-0.4, -0.2) is 21.0 Å². The second kappa shape index (κ2) is 5.13. The minimum absolute atomic E-state index is 0. The van der Waals surface area contributed by atoms with Crippen LogP contribution in [0.4, 0.5) is 0 Å². The molecule has 5 heteroatoms. The Bertz CT molecular complexity index is 236. The Kier molecular flexibility index (Phi) is 4.87. The van der Waals surface area contributed by atoms with Crippen LogP contribution < -0.4 is 0 Å². The van der Waals surface area contributed by atoms with E-state index in [0.29, 0.717) is 12.2 Å². The highest BCUT2D eigenvalue weighted by Crippen LogP contribution is 2.14. The van der Waals surface area contributed by atoms with Crippen LogP contribution in [0.15, 0.2) is 12.4 Å². The first kappa shape index (κ1) is 11.4. The Hall–Kier alpha value is -0.590. The van der Waals surface area contributed by atoms with Crippen LogP contribution in [0.2, 0.25) is 0 Å². The molecule has 1 heterocycles. The average Bonchev–Trinajstić information content (AvgIpc) is 2.40. The molecule has 0 saturated heterocycles. The summed E-state index contributed by atoms with van der Waals surface area (Å²) in [5.41, 5.74) is 0. The summed E-state index contributed by atoms with van der Waals surface area (Å²) in [6.07, 6.45) is 3.74. The number of hydrogen-bond donors (Lipinski definition) is 2. The van der Waals surface area contributed by atoms with Crippen molar-refractivity contribution in [3.8, 4) is 0 Å². The molecule has 0 saturated carbocycles. The van der Waals surface area contributed by atoms with Gasteiger partial charge in [0.1, 0.15) is 11.7 Å². The van der Waals surface area contributed by atoms with E-state index in [2.05, 4.69) is 9.97 Å². The van der Waals surface area contributed by atoms with Crippen LogP contribution in [0.1, 0.15) is 25.1 Å². The zero-order valence-corrected chi connectivity index (χ0v) is 8.98. The molecular weight excluding hydrogens is 271 g/mol. The number of aromatic amines is 1. The topological polar surface area (TPSA) is 66.0 Å². The summed E-state index contributed by atoms with van der Waals surface area (Å²) in [6.45, 7) is 1.82. The van der Waals surface area contributed by atoms with Crippen LogP contribution >= 0.6 is 24.0 Å². The van der Waals surface area contributed by atoms with Crippen LogP contribution in [0.5, 0.6) is 0 Å². The molecule has 0 aliphatic heterocycles. The number of nitrogens with zero attached hydrogens (tertiary/aromatic N) is 1. The number of carboxylic acids is 1. The molecule has 12 heavy (non-hydrogen) atoms. The highest BCUT2D eigenvalue weighted by atomic mass is 127. The maximum absolute atomic E-state index is 10.6. The molecule has 0 aromatic carbocycles. The van der Waals surface area contributed by atoms with Gasteiger partial charge in [0.15, 0.2) is 0 Å². The fourth-order valence-corrected chi connectivity index (χ4v) is 0.953. The molecule has 0 radical (unpaired) electrons. The summed E-state index contributed by atoms with van der Waals surface area (Å²) in [6, 6.07) is 0. The van der Waals surface area contributed by atoms with Gasteiger partial charge in [0, 0.05) is 12.4 Å². The number of carbonyl (C=O) groups is 1. The van der Waals surface area contributed by atoms with Gasteiger partial charge >= 0.3 is 5.97 Å². The van der Waals surface area contributed by atoms with E-state index in [0.717, 1.165) is 0 Å². The zero-order valence-electron chi connectivity index (χ0n) is 6.65. The first-order valence-electron chi connectivity index (χ1n) is 3.47. The first-order valence-corrected chi connectivity index (χ1v) is 3.47. The molecule has 4 nitrogen and oxygen atoms in total. The van der Waals surface area contributed by atoms with E-state index in [1.165, 1.54) is 0 Å². The van der Waals surface area contributed by atoms with Gasteiger partial charge in [0.05, 0.1) is 0 Å². The number of rotatable bonds is 3. The van der Waals surface area contributed by atoms with Gasteiger partial charge in [-0.05, 0) is 6.42 Å². The van der Waals surface area contributed by atoms with Gasteiger partial charge in [-0.3, -0.25) is 4.79 Å². The van der Waals surface area contributed by atoms with E-state index in [1.807, 2.05) is 6.92 Å². The third-order valence-corrected chi connectivity index (χ3v) is 1.56. The second-order valence-corrected chi connectivity index (χ2v) is 2.27. The lowest BCUT2D eigenvalue weighted by Gasteiger charge is -2.04. The van der Waals surface area contributed by atoms with Gasteiger partial charge in [-0.1, -0.05) is 6.92 Å². The third-order valence-electron chi connectivity index (χ3n) is 1.56. The Morgan fingerprint density at radius 3 is 2.83 bits per heavy atom. The molecule has 1 unspecified atom stereocenters. The zero-order chi connectivity index (χ0) is 8.27. The van der Waals surface area contributed by atoms with Crippen molar-refractivity contribution in [3.05, 3.63) is 18.2 Å². The largest absolute Gasteiger partial charge is 0.481 e. The summed E-state index contributed by atoms with van der Waals surface area (Å²) in [5, 5.41) is 8.69. The smallest absolute Gasteiger partial charge is 0.314 e. The Labute approximate surface area is 87.4 Å². The molecule has 1 atom stereocenters. The summed E-state index contributed by atoms with van der Waals surface area (Å²) in [4.78, 5) is 17.2. The van der Waals surface area contributed by atoms with Gasteiger partial charge in [0.2, 0.25) is 0 Å². The van der Waals surface area contributed by atoms with Crippen molar-refractivity contribution in [2.75, 3.05) is 0 Å². The van der Waals surface area contributed by atoms with Crippen LogP contribution in [0.3, 0.4) is 0 Å². The Morgan fingerprint density at radius 1 is 1.83 bits per heavy atom. The normalized spacial score (nSPS) is 11.8. The van der Waals surface area contributed by atoms with Crippen molar-refractivity contribution in [2.45, 2.75) is 19.3 Å². The van der Waals surface area contributed by atoms with Gasteiger partial charge < -0.3 is 10.1 Å². The molecule has 2 N–H and O–H groups in total. The van der Waals surface area contributed by atoms with E-state index in [4.69, 9.17) is 5.11 Å². The lowest BCUT2D eigenvalue weighted by atomic mass is 10.1. The van der Waals surface area contributed by atoms with E-state index in [-0.39, 0.29) is 24.0 Å². The maximum Gasteiger partial charge on any atom is 0.314 e. The molecule has 1 aromatic heterocycles. The van der Waals surface area contributed by atoms with Crippen molar-refractivity contribution in [1.29, 1.82) is 0 Å². The van der Waals surface area contributed by atoms with E-state index in [1.54, 1.807) is 12.4 Å². The van der Waals surface area contributed by atoms with Crippen molar-refractivity contribution in [2.24, 2.45) is 0 Å². The lowest BCUT2D eigenvalue weighted by Crippen LogP contribution is -2.11. The third kappa shape index (κ3) is 2.47. The number of carboxylic acid groups (broad SMARTS) is 1. The predicted molar refractivity (Wildman–Crippen MR) is 54.7 cm³/mol. The molecule has 0 spiro atoms. The van der Waals surface area contributed by atoms with Crippen molar-refractivity contribution in [3.63, 3.8) is 0 Å². The van der Waals surface area contributed by atoms with Gasteiger partial charge in [0.25, 0.3) is 0 Å². The number of nitrogens with one attached hydrogen (secondary N) is 1. The van der Waals surface area contributed by atoms with E-state index >= 15 is 0 Å². The van der Waals surface area contributed by atoms with Crippen LogP contribution in [0.25, 0.3) is 0 Å². The molecule has 1 aromatic rings. The van der Waals surface area contributed by atoms with E-state index < -0.39 is 11.9 Å². The molecule has 68 valence electrons. The van der Waals surface area contributed by atoms with E-state index in [9.17, 15) is 4.79 Å². The number of hydrogen-bond acceptors (Lipinski definition) is 2. The van der Waals surface area contributed by atoms with Crippen molar-refractivity contribution < 1.29 is 9.90 Å². The van der Waals surface area contributed by atoms with Crippen molar-refractivity contribution >= 4 is 29.9 Å². The predicted octanol–water partition coefficient (Wildman–Crippen LogP) is 1.61. The number of aliphatic carboxylic acids is 1. The lowest BCUT2D eigenvalue weighted by molar-refractivity contribution is -0.139. The number of halogens is 1. The Morgan fingerprint density at radius 2 is 2.50 bits per heavy atom. The quantitative estimate of drug-likeness (QED) is 0.828. The first-order chi connectivity index (χ1) is 5.25. The number of aromatic nitrogens is 2. The monoisotopic (exact) mass is 282 g/mol. The van der Waals surface area contributed by atoms with Crippen molar-refractivity contribution in [1.82, 2.24) is 9.97 Å². The minimum Gasteiger partial charge on any atom is -0.481 e. The summed E-state index contributed by atoms with van der Waals surface area (Å²) < 4.78 is 0. The SMILES string of the molecule is CCC(C(=O)O)c1ncc[nH]1.I. The molecular formula is C7H11IN2O2. The second-order valence-electron chi connectivity index (χ2n) is 2.27. The fraction of sp³-hybridized carbons (Fsp3) is 0.429. The Balaban J connectivity index is 0.00000121. The summed E-state index contributed by atoms with van der Waals surface area (Å²) in [7, 11) is 0. The molecule has 1 rings (SSSR count). The molecule has 0 aliphatic carbocycles. The molecule has 0 aliphatic rings. The standard InChI is InChI=1S/C7H10N2O2.HI/c1-2-5(7(10)11)6-8-3-4-9-6;/h3-5H,2H2,1H3,(H,8,9)(H,10,11);1H. The fourth-order valence-electron chi connectivity index (χ4n) is 0.953. The van der Waals surface area contributed by atoms with Crippen LogP contribution in [0, 0.1) is 0 Å². The summed E-state index contributed by atoms with van der Waals surface area (Å²) >= 11 is 0. The molecule has 0 amide bonds. The molecule has 0 bridgehead atoms. The highest BCUT2D eigenvalue weighted by molar-refractivity contribution is 14.0. The highest BCUT2D eigenvalue weighted by Gasteiger charge is 2.18. The van der Waals surface area contributed by atoms with Gasteiger partial charge in [-0.2, -0.15) is 0 Å².